The van der Waals surface area contributed by atoms with Gasteiger partial charge in [-0.2, -0.15) is 0 Å². The quantitative estimate of drug-likeness (QED) is 0.410. The van der Waals surface area contributed by atoms with Crippen LogP contribution in [0.4, 0.5) is 4.39 Å². The predicted octanol–water partition coefficient (Wildman–Crippen LogP) is 4.74. The highest BCUT2D eigenvalue weighted by Crippen LogP contribution is 2.21. The van der Waals surface area contributed by atoms with E-state index in [4.69, 9.17) is 9.47 Å². The van der Waals surface area contributed by atoms with Crippen molar-refractivity contribution in [1.82, 2.24) is 0 Å². The number of carbonyl (C=O) groups is 1. The number of cyclic esters (lactones) is 1. The smallest absolute Gasteiger partial charge is 0.363 e. The van der Waals surface area contributed by atoms with Crippen LogP contribution in [-0.2, 0) is 9.53 Å². The largest absolute Gasteiger partial charge is 0.494 e. The molecule has 26 heavy (non-hydrogen) atoms. The summed E-state index contributed by atoms with van der Waals surface area (Å²) in [5.41, 5.74) is 1.42. The maximum atomic E-state index is 13.3. The molecule has 2 aromatic carbocycles. The lowest BCUT2D eigenvalue weighted by Crippen LogP contribution is -2.05. The Bertz CT molecular complexity index is 841. The third kappa shape index (κ3) is 4.57. The van der Waals surface area contributed by atoms with Crippen LogP contribution in [0.25, 0.3) is 6.08 Å². The summed E-state index contributed by atoms with van der Waals surface area (Å²) < 4.78 is 24.1. The Morgan fingerprint density at radius 1 is 1.15 bits per heavy atom. The number of rotatable bonds is 7. The fourth-order valence-corrected chi connectivity index (χ4v) is 2.51. The highest BCUT2D eigenvalue weighted by molar-refractivity contribution is 6.12. The van der Waals surface area contributed by atoms with Crippen LogP contribution < -0.4 is 4.74 Å². The molecule has 0 aromatic heterocycles. The summed E-state index contributed by atoms with van der Waals surface area (Å²) in [6.07, 6.45) is 4.98. The van der Waals surface area contributed by atoms with Gasteiger partial charge in [-0.1, -0.05) is 38.0 Å². The first kappa shape index (κ1) is 17.9. The minimum Gasteiger partial charge on any atom is -0.494 e. The van der Waals surface area contributed by atoms with Gasteiger partial charge in [0.2, 0.25) is 5.90 Å². The van der Waals surface area contributed by atoms with E-state index in [0.717, 1.165) is 30.6 Å². The van der Waals surface area contributed by atoms with Crippen molar-refractivity contribution in [2.45, 2.75) is 26.2 Å². The Balaban J connectivity index is 1.70. The van der Waals surface area contributed by atoms with Crippen LogP contribution in [0.15, 0.2) is 59.2 Å². The van der Waals surface area contributed by atoms with E-state index in [1.54, 1.807) is 18.2 Å². The second-order valence-electron chi connectivity index (χ2n) is 5.97. The number of carbonyl (C=O) groups excluding carboxylic acids is 1. The summed E-state index contributed by atoms with van der Waals surface area (Å²) in [6.45, 7) is 2.85. The van der Waals surface area contributed by atoms with Gasteiger partial charge >= 0.3 is 5.97 Å². The van der Waals surface area contributed by atoms with Gasteiger partial charge in [0.1, 0.15) is 11.6 Å². The molecular formula is C21H20FNO3. The molecule has 0 saturated carbocycles. The van der Waals surface area contributed by atoms with Crippen molar-refractivity contribution in [2.75, 3.05) is 6.61 Å². The molecule has 0 saturated heterocycles. The van der Waals surface area contributed by atoms with E-state index in [2.05, 4.69) is 11.9 Å². The SMILES string of the molecule is CCCCCOc1ccc(C=C2N=C(c3cccc(F)c3)OC2=O)cc1. The molecule has 0 radical (unpaired) electrons. The number of aliphatic imine (C=N–C) groups is 1. The van der Waals surface area contributed by atoms with Crippen molar-refractivity contribution in [3.8, 4) is 5.75 Å². The number of hydrogen-bond acceptors (Lipinski definition) is 4. The summed E-state index contributed by atoms with van der Waals surface area (Å²) in [5.74, 6) is -0.0600. The highest BCUT2D eigenvalue weighted by Gasteiger charge is 2.24. The molecular weight excluding hydrogens is 333 g/mol. The van der Waals surface area contributed by atoms with Crippen LogP contribution in [0.3, 0.4) is 0 Å². The van der Waals surface area contributed by atoms with Crippen LogP contribution >= 0.6 is 0 Å². The van der Waals surface area contributed by atoms with Gasteiger partial charge in [0.25, 0.3) is 0 Å². The molecule has 1 aliphatic heterocycles. The van der Waals surface area contributed by atoms with E-state index >= 15 is 0 Å². The van der Waals surface area contributed by atoms with Crippen LogP contribution in [0.5, 0.6) is 5.75 Å². The maximum Gasteiger partial charge on any atom is 0.363 e. The fraction of sp³-hybridized carbons (Fsp3) is 0.238. The van der Waals surface area contributed by atoms with Gasteiger partial charge in [-0.15, -0.1) is 0 Å². The van der Waals surface area contributed by atoms with Gasteiger partial charge in [0.15, 0.2) is 5.70 Å². The molecule has 0 spiro atoms. The molecule has 0 atom stereocenters. The third-order valence-corrected chi connectivity index (χ3v) is 3.89. The Kier molecular flexibility index (Phi) is 5.79. The van der Waals surface area contributed by atoms with Gasteiger partial charge < -0.3 is 9.47 Å². The molecule has 0 unspecified atom stereocenters. The van der Waals surface area contributed by atoms with Gasteiger partial charge in [-0.05, 0) is 48.4 Å². The number of halogens is 1. The molecule has 0 aliphatic carbocycles. The first-order valence-corrected chi connectivity index (χ1v) is 8.67. The van der Waals surface area contributed by atoms with Crippen molar-refractivity contribution in [3.63, 3.8) is 0 Å². The van der Waals surface area contributed by atoms with E-state index in [1.807, 2.05) is 24.3 Å². The summed E-state index contributed by atoms with van der Waals surface area (Å²) in [6, 6.07) is 13.2. The Morgan fingerprint density at radius 2 is 1.96 bits per heavy atom. The molecule has 0 bridgehead atoms. The summed E-state index contributed by atoms with van der Waals surface area (Å²) >= 11 is 0. The Hall–Kier alpha value is -2.95. The molecule has 1 heterocycles. The van der Waals surface area contributed by atoms with Crippen molar-refractivity contribution >= 4 is 17.9 Å². The first-order valence-electron chi connectivity index (χ1n) is 8.67. The molecule has 134 valence electrons. The summed E-state index contributed by atoms with van der Waals surface area (Å²) in [7, 11) is 0. The van der Waals surface area contributed by atoms with Crippen LogP contribution in [-0.4, -0.2) is 18.5 Å². The zero-order valence-electron chi connectivity index (χ0n) is 14.6. The zero-order valence-corrected chi connectivity index (χ0v) is 14.6. The topological polar surface area (TPSA) is 47.9 Å². The Morgan fingerprint density at radius 3 is 2.69 bits per heavy atom. The number of ether oxygens (including phenoxy) is 2. The lowest BCUT2D eigenvalue weighted by Gasteiger charge is -2.05. The van der Waals surface area contributed by atoms with Crippen molar-refractivity contribution in [2.24, 2.45) is 4.99 Å². The summed E-state index contributed by atoms with van der Waals surface area (Å²) in [5, 5.41) is 0. The van der Waals surface area contributed by atoms with Gasteiger partial charge in [0.05, 0.1) is 6.61 Å². The predicted molar refractivity (Wildman–Crippen MR) is 98.5 cm³/mol. The minimum atomic E-state index is -0.552. The average Bonchev–Trinajstić information content (AvgIpc) is 3.01. The molecule has 0 N–H and O–H groups in total. The fourth-order valence-electron chi connectivity index (χ4n) is 2.51. The molecule has 4 nitrogen and oxygen atoms in total. The summed E-state index contributed by atoms with van der Waals surface area (Å²) in [4.78, 5) is 16.2. The maximum absolute atomic E-state index is 13.3. The number of esters is 1. The Labute approximate surface area is 152 Å². The number of nitrogens with zero attached hydrogens (tertiary/aromatic N) is 1. The standard InChI is InChI=1S/C21H20FNO3/c1-2-3-4-12-25-18-10-8-15(9-11-18)13-19-21(24)26-20(23-19)16-6-5-7-17(22)14-16/h5-11,13-14H,2-4,12H2,1H3. The lowest BCUT2D eigenvalue weighted by molar-refractivity contribution is -0.129. The lowest BCUT2D eigenvalue weighted by atomic mass is 10.2. The van der Waals surface area contributed by atoms with E-state index < -0.39 is 11.8 Å². The van der Waals surface area contributed by atoms with E-state index in [9.17, 15) is 9.18 Å². The highest BCUT2D eigenvalue weighted by atomic mass is 19.1. The monoisotopic (exact) mass is 353 g/mol. The van der Waals surface area contributed by atoms with E-state index in [1.165, 1.54) is 12.1 Å². The van der Waals surface area contributed by atoms with Gasteiger partial charge in [-0.3, -0.25) is 0 Å². The first-order chi connectivity index (χ1) is 12.7. The second kappa shape index (κ2) is 8.43. The minimum absolute atomic E-state index is 0.108. The van der Waals surface area contributed by atoms with E-state index in [0.29, 0.717) is 12.2 Å². The van der Waals surface area contributed by atoms with Crippen molar-refractivity contribution < 1.29 is 18.7 Å². The number of benzene rings is 2. The van der Waals surface area contributed by atoms with Crippen molar-refractivity contribution in [3.05, 3.63) is 71.2 Å². The van der Waals surface area contributed by atoms with Crippen LogP contribution in [0.1, 0.15) is 37.3 Å². The second-order valence-corrected chi connectivity index (χ2v) is 5.97. The number of unbranched alkanes of at least 4 members (excludes halogenated alkanes) is 2. The molecule has 0 amide bonds. The molecule has 1 aliphatic rings. The zero-order chi connectivity index (χ0) is 18.4. The van der Waals surface area contributed by atoms with Crippen molar-refractivity contribution in [1.29, 1.82) is 0 Å². The van der Waals surface area contributed by atoms with Crippen LogP contribution in [0, 0.1) is 5.82 Å². The normalized spacial score (nSPS) is 15.1. The van der Waals surface area contributed by atoms with Gasteiger partial charge in [0, 0.05) is 5.56 Å². The average molecular weight is 353 g/mol. The third-order valence-electron chi connectivity index (χ3n) is 3.89. The molecule has 5 heteroatoms. The molecule has 2 aromatic rings. The molecule has 0 fully saturated rings. The molecule has 3 rings (SSSR count). The van der Waals surface area contributed by atoms with Gasteiger partial charge in [-0.25, -0.2) is 14.2 Å². The number of hydrogen-bond donors (Lipinski definition) is 0. The van der Waals surface area contributed by atoms with Crippen LogP contribution in [0.2, 0.25) is 0 Å². The van der Waals surface area contributed by atoms with E-state index in [-0.39, 0.29) is 11.6 Å².